The zero-order chi connectivity index (χ0) is 30.2. The number of hydrogen-bond acceptors (Lipinski definition) is 4. The quantitative estimate of drug-likeness (QED) is 0.146. The molecule has 43 heavy (non-hydrogen) atoms. The molecule has 0 heterocycles. The smallest absolute Gasteiger partial charge is 0.272 e. The minimum Gasteiger partial charge on any atom is -0.378 e. The molecule has 5 aromatic carbocycles. The van der Waals surface area contributed by atoms with Crippen molar-refractivity contribution in [1.29, 1.82) is 0 Å². The van der Waals surface area contributed by atoms with Crippen LogP contribution in [0.1, 0.15) is 31.8 Å². The first-order chi connectivity index (χ1) is 20.9. The first-order valence-electron chi connectivity index (χ1n) is 13.8. The van der Waals surface area contributed by atoms with Gasteiger partial charge in [-0.1, -0.05) is 78.9 Å². The molecule has 6 nitrogen and oxygen atoms in total. The number of nitrogens with one attached hydrogen (secondary N) is 2. The summed E-state index contributed by atoms with van der Waals surface area (Å²) >= 11 is 0. The van der Waals surface area contributed by atoms with E-state index in [1.165, 1.54) is 0 Å². The Morgan fingerprint density at radius 2 is 1.35 bits per heavy atom. The van der Waals surface area contributed by atoms with Crippen molar-refractivity contribution in [3.05, 3.63) is 155 Å². The van der Waals surface area contributed by atoms with E-state index in [-0.39, 0.29) is 11.5 Å². The maximum Gasteiger partial charge on any atom is 0.272 e. The highest BCUT2D eigenvalue weighted by molar-refractivity contribution is 6.11. The molecule has 0 aliphatic rings. The van der Waals surface area contributed by atoms with E-state index >= 15 is 0 Å². The lowest BCUT2D eigenvalue weighted by molar-refractivity contribution is -0.113. The van der Waals surface area contributed by atoms with E-state index in [1.54, 1.807) is 60.7 Å². The first-order valence-corrected chi connectivity index (χ1v) is 13.8. The van der Waals surface area contributed by atoms with E-state index < -0.39 is 11.8 Å². The number of hydrogen-bond donors (Lipinski definition) is 2. The highest BCUT2D eigenvalue weighted by atomic mass is 16.2. The SMILES string of the molecule is CN(C)c1ccc(/C=C(\NC(=O)c2ccccc2)C(=O)Nc2ccc(C(=O)/C=C/c3cccc4ccccc34)cc2)cc1. The maximum absolute atomic E-state index is 13.4. The second-order valence-corrected chi connectivity index (χ2v) is 10.2. The molecule has 5 rings (SSSR count). The Hall–Kier alpha value is -5.75. The average Bonchev–Trinajstić information content (AvgIpc) is 3.04. The van der Waals surface area contributed by atoms with Gasteiger partial charge in [-0.05, 0) is 82.6 Å². The number of carbonyl (C=O) groups is 3. The van der Waals surface area contributed by atoms with E-state index in [2.05, 4.69) is 10.6 Å². The molecule has 2 amide bonds. The molecule has 0 saturated carbocycles. The number of nitrogens with zero attached hydrogens (tertiary/aromatic N) is 1. The Bertz CT molecular complexity index is 1820. The lowest BCUT2D eigenvalue weighted by Gasteiger charge is -2.13. The summed E-state index contributed by atoms with van der Waals surface area (Å²) in [5, 5.41) is 7.76. The van der Waals surface area contributed by atoms with Gasteiger partial charge in [-0.15, -0.1) is 0 Å². The van der Waals surface area contributed by atoms with Gasteiger partial charge in [0.1, 0.15) is 5.70 Å². The van der Waals surface area contributed by atoms with Gasteiger partial charge in [0.25, 0.3) is 11.8 Å². The van der Waals surface area contributed by atoms with Crippen molar-refractivity contribution in [2.75, 3.05) is 24.3 Å². The highest BCUT2D eigenvalue weighted by Gasteiger charge is 2.15. The molecule has 0 aliphatic carbocycles. The number of ketones is 1. The van der Waals surface area contributed by atoms with Crippen molar-refractivity contribution in [3.63, 3.8) is 0 Å². The van der Waals surface area contributed by atoms with E-state index in [0.29, 0.717) is 16.8 Å². The van der Waals surface area contributed by atoms with Gasteiger partial charge in [0.15, 0.2) is 5.78 Å². The van der Waals surface area contributed by atoms with Crippen LogP contribution in [0.4, 0.5) is 11.4 Å². The summed E-state index contributed by atoms with van der Waals surface area (Å²) in [6.07, 6.45) is 5.00. The van der Waals surface area contributed by atoms with Crippen LogP contribution in [0, 0.1) is 0 Å². The molecular formula is C37H31N3O3. The third kappa shape index (κ3) is 7.31. The minimum absolute atomic E-state index is 0.0876. The molecule has 212 valence electrons. The molecule has 6 heteroatoms. The molecule has 0 aromatic heterocycles. The Kier molecular flexibility index (Phi) is 8.88. The lowest BCUT2D eigenvalue weighted by Crippen LogP contribution is -2.30. The molecule has 0 bridgehead atoms. The number of anilines is 2. The van der Waals surface area contributed by atoms with Crippen LogP contribution < -0.4 is 15.5 Å². The number of allylic oxidation sites excluding steroid dienone is 1. The number of fused-ring (bicyclic) bond motifs is 1. The van der Waals surface area contributed by atoms with Crippen LogP contribution in [-0.2, 0) is 4.79 Å². The Morgan fingerprint density at radius 3 is 2.07 bits per heavy atom. The zero-order valence-corrected chi connectivity index (χ0v) is 24.0. The molecule has 5 aromatic rings. The van der Waals surface area contributed by atoms with Crippen LogP contribution in [0.15, 0.2) is 133 Å². The summed E-state index contributed by atoms with van der Waals surface area (Å²) in [6.45, 7) is 0. The van der Waals surface area contributed by atoms with Crippen molar-refractivity contribution >= 4 is 51.9 Å². The topological polar surface area (TPSA) is 78.5 Å². The summed E-state index contributed by atoms with van der Waals surface area (Å²) in [6, 6.07) is 37.0. The van der Waals surface area contributed by atoms with Crippen LogP contribution in [-0.4, -0.2) is 31.7 Å². The highest BCUT2D eigenvalue weighted by Crippen LogP contribution is 2.21. The van der Waals surface area contributed by atoms with Crippen LogP contribution in [0.25, 0.3) is 22.9 Å². The molecular weight excluding hydrogens is 534 g/mol. The predicted octanol–water partition coefficient (Wildman–Crippen LogP) is 7.21. The van der Waals surface area contributed by atoms with Gasteiger partial charge < -0.3 is 15.5 Å². The first kappa shape index (κ1) is 28.8. The van der Waals surface area contributed by atoms with E-state index in [9.17, 15) is 14.4 Å². The fourth-order valence-electron chi connectivity index (χ4n) is 4.55. The normalized spacial score (nSPS) is 11.3. The maximum atomic E-state index is 13.4. The van der Waals surface area contributed by atoms with Crippen LogP contribution in [0.3, 0.4) is 0 Å². The largest absolute Gasteiger partial charge is 0.378 e. The van der Waals surface area contributed by atoms with Crippen LogP contribution in [0.2, 0.25) is 0 Å². The van der Waals surface area contributed by atoms with Crippen molar-refractivity contribution < 1.29 is 14.4 Å². The second kappa shape index (κ2) is 13.3. The summed E-state index contributed by atoms with van der Waals surface area (Å²) in [4.78, 5) is 41.1. The number of carbonyl (C=O) groups excluding carboxylic acids is 3. The molecule has 0 saturated heterocycles. The Morgan fingerprint density at radius 1 is 0.674 bits per heavy atom. The third-order valence-corrected chi connectivity index (χ3v) is 6.91. The predicted molar refractivity (Wildman–Crippen MR) is 175 cm³/mol. The molecule has 2 N–H and O–H groups in total. The number of rotatable bonds is 9. The van der Waals surface area contributed by atoms with E-state index in [0.717, 1.165) is 27.6 Å². The van der Waals surface area contributed by atoms with Gasteiger partial charge in [0.05, 0.1) is 0 Å². The molecule has 0 unspecified atom stereocenters. The third-order valence-electron chi connectivity index (χ3n) is 6.91. The number of amides is 2. The lowest BCUT2D eigenvalue weighted by atomic mass is 10.0. The van der Waals surface area contributed by atoms with Crippen molar-refractivity contribution in [2.24, 2.45) is 0 Å². The molecule has 0 radical (unpaired) electrons. The molecule has 0 atom stereocenters. The van der Waals surface area contributed by atoms with Gasteiger partial charge in [-0.25, -0.2) is 0 Å². The van der Waals surface area contributed by atoms with Crippen molar-refractivity contribution in [1.82, 2.24) is 5.32 Å². The van der Waals surface area contributed by atoms with Gasteiger partial charge in [0, 0.05) is 36.6 Å². The van der Waals surface area contributed by atoms with Gasteiger partial charge >= 0.3 is 0 Å². The van der Waals surface area contributed by atoms with Crippen LogP contribution >= 0.6 is 0 Å². The fourth-order valence-corrected chi connectivity index (χ4v) is 4.55. The monoisotopic (exact) mass is 565 g/mol. The minimum atomic E-state index is -0.490. The summed E-state index contributed by atoms with van der Waals surface area (Å²) in [5.74, 6) is -1.04. The summed E-state index contributed by atoms with van der Waals surface area (Å²) < 4.78 is 0. The van der Waals surface area contributed by atoms with E-state index in [4.69, 9.17) is 0 Å². The standard InChI is InChI=1S/C37H31N3O3/c1-40(2)32-22-15-26(16-23-32)25-34(39-36(42)30-10-4-3-5-11-30)37(43)38-31-20-17-29(18-21-31)35(41)24-19-28-13-8-12-27-9-6-7-14-33(27)28/h3-25H,1-2H3,(H,38,43)(H,39,42)/b24-19+,34-25-. The zero-order valence-electron chi connectivity index (χ0n) is 24.0. The fraction of sp³-hybridized carbons (Fsp3) is 0.0541. The molecule has 0 aliphatic heterocycles. The average molecular weight is 566 g/mol. The summed E-state index contributed by atoms with van der Waals surface area (Å²) in [7, 11) is 3.90. The van der Waals surface area contributed by atoms with Gasteiger partial charge in [-0.2, -0.15) is 0 Å². The van der Waals surface area contributed by atoms with Crippen molar-refractivity contribution in [3.8, 4) is 0 Å². The Labute approximate surface area is 251 Å². The van der Waals surface area contributed by atoms with Crippen molar-refractivity contribution in [2.45, 2.75) is 0 Å². The molecule has 0 spiro atoms. The Balaban J connectivity index is 1.32. The second-order valence-electron chi connectivity index (χ2n) is 10.2. The van der Waals surface area contributed by atoms with E-state index in [1.807, 2.05) is 97.9 Å². The molecule has 0 fully saturated rings. The van der Waals surface area contributed by atoms with Crippen LogP contribution in [0.5, 0.6) is 0 Å². The van der Waals surface area contributed by atoms with Gasteiger partial charge in [-0.3, -0.25) is 14.4 Å². The number of benzene rings is 5. The summed E-state index contributed by atoms with van der Waals surface area (Å²) in [5.41, 5.74) is 4.23. The van der Waals surface area contributed by atoms with Gasteiger partial charge in [0.2, 0.25) is 0 Å².